The second kappa shape index (κ2) is 6.07. The molecule has 0 radical (unpaired) electrons. The SMILES string of the molecule is CCOC(=O)/C(=C\N)S(=O)c1ccccc1. The number of ether oxygens (including phenoxy) is 1. The fourth-order valence-electron chi connectivity index (χ4n) is 1.08. The number of hydrogen-bond acceptors (Lipinski definition) is 4. The van der Waals surface area contributed by atoms with E-state index in [1.807, 2.05) is 0 Å². The van der Waals surface area contributed by atoms with E-state index in [2.05, 4.69) is 0 Å². The highest BCUT2D eigenvalue weighted by molar-refractivity contribution is 7.90. The molecular weight excluding hydrogens is 226 g/mol. The number of hydrogen-bond donors (Lipinski definition) is 1. The average Bonchev–Trinajstić information content (AvgIpc) is 2.31. The highest BCUT2D eigenvalue weighted by atomic mass is 32.2. The summed E-state index contributed by atoms with van der Waals surface area (Å²) in [5.74, 6) is -0.646. The third-order valence-electron chi connectivity index (χ3n) is 1.79. The molecule has 1 aromatic carbocycles. The smallest absolute Gasteiger partial charge is 0.349 e. The van der Waals surface area contributed by atoms with Crippen molar-refractivity contribution in [2.75, 3.05) is 6.61 Å². The molecule has 2 N–H and O–H groups in total. The standard InChI is InChI=1S/C11H13NO3S/c1-2-15-11(13)10(8-12)16(14)9-6-4-3-5-7-9/h3-8H,2,12H2,1H3/b10-8+. The van der Waals surface area contributed by atoms with Crippen LogP contribution in [0.15, 0.2) is 46.3 Å². The van der Waals surface area contributed by atoms with Crippen molar-refractivity contribution in [1.82, 2.24) is 0 Å². The van der Waals surface area contributed by atoms with Gasteiger partial charge in [0.05, 0.1) is 17.4 Å². The Balaban J connectivity index is 2.92. The molecule has 1 aromatic rings. The normalized spacial score (nSPS) is 13.2. The molecule has 4 nitrogen and oxygen atoms in total. The Kier molecular flexibility index (Phi) is 4.72. The van der Waals surface area contributed by atoms with Gasteiger partial charge in [0.2, 0.25) is 0 Å². The summed E-state index contributed by atoms with van der Waals surface area (Å²) < 4.78 is 16.7. The predicted octanol–water partition coefficient (Wildman–Crippen LogP) is 1.16. The number of esters is 1. The number of nitrogens with two attached hydrogens (primary N) is 1. The zero-order valence-corrected chi connectivity index (χ0v) is 9.70. The Morgan fingerprint density at radius 1 is 1.44 bits per heavy atom. The molecule has 1 rings (SSSR count). The first-order valence-corrected chi connectivity index (χ1v) is 5.91. The van der Waals surface area contributed by atoms with Crippen LogP contribution in [0.3, 0.4) is 0 Å². The zero-order valence-electron chi connectivity index (χ0n) is 8.88. The highest BCUT2D eigenvalue weighted by Crippen LogP contribution is 2.14. The van der Waals surface area contributed by atoms with Gasteiger partial charge in [0, 0.05) is 11.1 Å². The lowest BCUT2D eigenvalue weighted by Gasteiger charge is -2.05. The zero-order chi connectivity index (χ0) is 12.0. The molecular formula is C11H13NO3S. The van der Waals surface area contributed by atoms with Crippen molar-refractivity contribution in [3.8, 4) is 0 Å². The number of benzene rings is 1. The summed E-state index contributed by atoms with van der Waals surface area (Å²) in [6, 6.07) is 8.62. The van der Waals surface area contributed by atoms with Crippen LogP contribution in [-0.4, -0.2) is 16.8 Å². The minimum Gasteiger partial charge on any atom is -0.462 e. The summed E-state index contributed by atoms with van der Waals surface area (Å²) in [5, 5.41) is 0. The van der Waals surface area contributed by atoms with E-state index < -0.39 is 16.8 Å². The molecule has 0 amide bonds. The van der Waals surface area contributed by atoms with E-state index in [1.165, 1.54) is 0 Å². The molecule has 0 aromatic heterocycles. The Bertz CT molecular complexity index is 414. The van der Waals surface area contributed by atoms with Crippen molar-refractivity contribution < 1.29 is 13.7 Å². The van der Waals surface area contributed by atoms with Crippen LogP contribution in [0.25, 0.3) is 0 Å². The van der Waals surface area contributed by atoms with Crippen molar-refractivity contribution >= 4 is 16.8 Å². The average molecular weight is 239 g/mol. The Hall–Kier alpha value is -1.62. The van der Waals surface area contributed by atoms with Crippen molar-refractivity contribution in [3.63, 3.8) is 0 Å². The first-order valence-electron chi connectivity index (χ1n) is 4.76. The molecule has 16 heavy (non-hydrogen) atoms. The van der Waals surface area contributed by atoms with Crippen LogP contribution < -0.4 is 5.73 Å². The van der Waals surface area contributed by atoms with Crippen LogP contribution in [0.2, 0.25) is 0 Å². The van der Waals surface area contributed by atoms with E-state index in [1.54, 1.807) is 37.3 Å². The number of rotatable bonds is 4. The first kappa shape index (κ1) is 12.4. The van der Waals surface area contributed by atoms with Gasteiger partial charge >= 0.3 is 5.97 Å². The van der Waals surface area contributed by atoms with Crippen molar-refractivity contribution in [2.45, 2.75) is 11.8 Å². The lowest BCUT2D eigenvalue weighted by atomic mass is 10.4. The fraction of sp³-hybridized carbons (Fsp3) is 0.182. The first-order chi connectivity index (χ1) is 7.70. The summed E-state index contributed by atoms with van der Waals surface area (Å²) in [4.78, 5) is 11.9. The molecule has 0 saturated carbocycles. The van der Waals surface area contributed by atoms with E-state index in [-0.39, 0.29) is 11.5 Å². The van der Waals surface area contributed by atoms with Gasteiger partial charge in [-0.3, -0.25) is 0 Å². The lowest BCUT2D eigenvalue weighted by molar-refractivity contribution is -0.137. The maximum atomic E-state index is 12.0. The summed E-state index contributed by atoms with van der Waals surface area (Å²) in [6.45, 7) is 1.90. The second-order valence-electron chi connectivity index (χ2n) is 2.83. The molecule has 0 saturated heterocycles. The molecule has 0 bridgehead atoms. The third kappa shape index (κ3) is 2.93. The van der Waals surface area contributed by atoms with Gasteiger partial charge in [-0.1, -0.05) is 18.2 Å². The summed E-state index contributed by atoms with van der Waals surface area (Å²) in [6.07, 6.45) is 1.03. The number of carbonyl (C=O) groups excluding carboxylic acids is 1. The largest absolute Gasteiger partial charge is 0.462 e. The summed E-state index contributed by atoms with van der Waals surface area (Å²) >= 11 is 0. The Morgan fingerprint density at radius 3 is 2.56 bits per heavy atom. The van der Waals surface area contributed by atoms with Crippen LogP contribution in [0.5, 0.6) is 0 Å². The minimum atomic E-state index is -1.59. The Labute approximate surface area is 96.6 Å². The molecule has 0 fully saturated rings. The topological polar surface area (TPSA) is 69.4 Å². The molecule has 0 aliphatic carbocycles. The van der Waals surface area contributed by atoms with Crippen molar-refractivity contribution in [2.24, 2.45) is 5.73 Å². The summed E-state index contributed by atoms with van der Waals surface area (Å²) in [7, 11) is -1.59. The van der Waals surface area contributed by atoms with E-state index >= 15 is 0 Å². The van der Waals surface area contributed by atoms with Crippen LogP contribution in [-0.2, 0) is 20.3 Å². The van der Waals surface area contributed by atoms with Gasteiger partial charge in [-0.25, -0.2) is 9.00 Å². The van der Waals surface area contributed by atoms with Crippen LogP contribution in [0.4, 0.5) is 0 Å². The Morgan fingerprint density at radius 2 is 2.06 bits per heavy atom. The minimum absolute atomic E-state index is 0.0342. The molecule has 0 aliphatic heterocycles. The maximum absolute atomic E-state index is 12.0. The summed E-state index contributed by atoms with van der Waals surface area (Å²) in [5.41, 5.74) is 5.29. The van der Waals surface area contributed by atoms with E-state index in [0.29, 0.717) is 4.90 Å². The van der Waals surface area contributed by atoms with E-state index in [0.717, 1.165) is 6.20 Å². The van der Waals surface area contributed by atoms with E-state index in [9.17, 15) is 9.00 Å². The highest BCUT2D eigenvalue weighted by Gasteiger charge is 2.18. The quantitative estimate of drug-likeness (QED) is 0.632. The monoisotopic (exact) mass is 239 g/mol. The number of carbonyl (C=O) groups is 1. The maximum Gasteiger partial charge on any atom is 0.349 e. The molecule has 1 unspecified atom stereocenters. The molecule has 0 aliphatic rings. The lowest BCUT2D eigenvalue weighted by Crippen LogP contribution is -2.13. The van der Waals surface area contributed by atoms with Crippen LogP contribution in [0.1, 0.15) is 6.92 Å². The predicted molar refractivity (Wildman–Crippen MR) is 61.8 cm³/mol. The van der Waals surface area contributed by atoms with Gasteiger partial charge in [-0.05, 0) is 19.1 Å². The molecule has 0 spiro atoms. The van der Waals surface area contributed by atoms with E-state index in [4.69, 9.17) is 10.5 Å². The van der Waals surface area contributed by atoms with Crippen molar-refractivity contribution in [3.05, 3.63) is 41.4 Å². The van der Waals surface area contributed by atoms with Gasteiger partial charge in [0.1, 0.15) is 4.91 Å². The van der Waals surface area contributed by atoms with Gasteiger partial charge < -0.3 is 10.5 Å². The van der Waals surface area contributed by atoms with Gasteiger partial charge in [-0.2, -0.15) is 0 Å². The van der Waals surface area contributed by atoms with Crippen LogP contribution >= 0.6 is 0 Å². The fourth-order valence-corrected chi connectivity index (χ4v) is 2.07. The molecule has 0 heterocycles. The molecule has 5 heteroatoms. The second-order valence-corrected chi connectivity index (χ2v) is 4.28. The van der Waals surface area contributed by atoms with Crippen molar-refractivity contribution in [1.29, 1.82) is 0 Å². The molecule has 1 atom stereocenters. The van der Waals surface area contributed by atoms with Gasteiger partial charge in [-0.15, -0.1) is 0 Å². The van der Waals surface area contributed by atoms with Crippen LogP contribution in [0, 0.1) is 0 Å². The molecule has 86 valence electrons. The third-order valence-corrected chi connectivity index (χ3v) is 3.19. The van der Waals surface area contributed by atoms with Gasteiger partial charge in [0.25, 0.3) is 0 Å². The van der Waals surface area contributed by atoms with Gasteiger partial charge in [0.15, 0.2) is 0 Å².